The summed E-state index contributed by atoms with van der Waals surface area (Å²) < 4.78 is 11.0. The van der Waals surface area contributed by atoms with Gasteiger partial charge < -0.3 is 14.1 Å². The fourth-order valence-electron chi connectivity index (χ4n) is 7.00. The van der Waals surface area contributed by atoms with Crippen molar-refractivity contribution < 1.29 is 13.9 Å². The molecule has 1 aliphatic heterocycles. The summed E-state index contributed by atoms with van der Waals surface area (Å²) in [6, 6.07) is 3.16. The Morgan fingerprint density at radius 3 is 2.29 bits per heavy atom. The van der Waals surface area contributed by atoms with Crippen LogP contribution in [0, 0.1) is 30.1 Å². The molecule has 4 bridgehead atoms. The molecule has 6 rings (SSSR count). The monoisotopic (exact) mass is 385 g/mol. The minimum Gasteiger partial charge on any atom is -0.490 e. The van der Waals surface area contributed by atoms with Crippen molar-refractivity contribution in [2.45, 2.75) is 70.8 Å². The van der Waals surface area contributed by atoms with Gasteiger partial charge in [-0.1, -0.05) is 0 Å². The van der Waals surface area contributed by atoms with Gasteiger partial charge in [0.25, 0.3) is 0 Å². The van der Waals surface area contributed by atoms with Crippen LogP contribution in [0.25, 0.3) is 0 Å². The zero-order valence-electron chi connectivity index (χ0n) is 16.8. The van der Waals surface area contributed by atoms with Crippen LogP contribution in [0.4, 0.5) is 0 Å². The van der Waals surface area contributed by atoms with Gasteiger partial charge in [0.1, 0.15) is 17.6 Å². The van der Waals surface area contributed by atoms with Crippen LogP contribution in [0.1, 0.15) is 63.5 Å². The Morgan fingerprint density at radius 2 is 1.71 bits per heavy atom. The number of carbonyl (C=O) groups excluding carboxylic acids is 1. The second-order valence-electron chi connectivity index (χ2n) is 10.0. The smallest absolute Gasteiger partial charge is 0.339 e. The van der Waals surface area contributed by atoms with Gasteiger partial charge >= 0.3 is 5.63 Å². The summed E-state index contributed by atoms with van der Waals surface area (Å²) in [5.74, 6) is 4.18. The molecule has 0 aromatic carbocycles. The van der Waals surface area contributed by atoms with E-state index in [-0.39, 0.29) is 11.7 Å². The van der Waals surface area contributed by atoms with Gasteiger partial charge in [0.2, 0.25) is 5.91 Å². The van der Waals surface area contributed by atoms with Gasteiger partial charge in [-0.25, -0.2) is 4.79 Å². The highest BCUT2D eigenvalue weighted by molar-refractivity contribution is 5.77. The van der Waals surface area contributed by atoms with Crippen LogP contribution in [0.5, 0.6) is 5.75 Å². The molecule has 4 saturated carbocycles. The Morgan fingerprint density at radius 1 is 1.11 bits per heavy atom. The average Bonchev–Trinajstić information content (AvgIpc) is 2.59. The van der Waals surface area contributed by atoms with Gasteiger partial charge in [-0.05, 0) is 68.6 Å². The van der Waals surface area contributed by atoms with Crippen molar-refractivity contribution in [1.29, 1.82) is 0 Å². The highest BCUT2D eigenvalue weighted by Crippen LogP contribution is 2.61. The maximum atomic E-state index is 13.1. The van der Waals surface area contributed by atoms with Gasteiger partial charge in [-0.2, -0.15) is 0 Å². The van der Waals surface area contributed by atoms with Gasteiger partial charge in [0.05, 0.1) is 6.07 Å². The molecule has 1 saturated heterocycles. The van der Waals surface area contributed by atoms with Gasteiger partial charge in [0.15, 0.2) is 0 Å². The molecule has 5 heteroatoms. The molecule has 5 nitrogen and oxygen atoms in total. The number of ether oxygens (including phenoxy) is 1. The molecular formula is C23H31NO4. The van der Waals surface area contributed by atoms with Crippen LogP contribution in [0.3, 0.4) is 0 Å². The number of hydrogen-bond donors (Lipinski definition) is 0. The second-order valence-corrected chi connectivity index (χ2v) is 10.0. The lowest BCUT2D eigenvalue weighted by Gasteiger charge is -2.57. The molecular weight excluding hydrogens is 354 g/mol. The molecule has 28 heavy (non-hydrogen) atoms. The number of carbonyl (C=O) groups is 1. The fourth-order valence-corrected chi connectivity index (χ4v) is 7.00. The molecule has 0 atom stereocenters. The first-order valence-corrected chi connectivity index (χ1v) is 11.0. The zero-order valence-corrected chi connectivity index (χ0v) is 16.8. The van der Waals surface area contributed by atoms with E-state index in [1.54, 1.807) is 13.0 Å². The Hall–Kier alpha value is -1.78. The Bertz CT molecular complexity index is 770. The first kappa shape index (κ1) is 18.3. The van der Waals surface area contributed by atoms with E-state index in [1.165, 1.54) is 44.6 Å². The molecule has 152 valence electrons. The Labute approximate surface area is 166 Å². The number of aryl methyl sites for hydroxylation is 1. The summed E-state index contributed by atoms with van der Waals surface area (Å²) in [7, 11) is 0. The quantitative estimate of drug-likeness (QED) is 0.788. The summed E-state index contributed by atoms with van der Waals surface area (Å²) >= 11 is 0. The number of likely N-dealkylation sites (tertiary alicyclic amines) is 1. The lowest BCUT2D eigenvalue weighted by Crippen LogP contribution is -2.49. The van der Waals surface area contributed by atoms with E-state index in [4.69, 9.17) is 9.15 Å². The summed E-state index contributed by atoms with van der Waals surface area (Å²) in [6.45, 7) is 3.27. The predicted molar refractivity (Wildman–Crippen MR) is 105 cm³/mol. The molecule has 1 aromatic heterocycles. The van der Waals surface area contributed by atoms with Crippen molar-refractivity contribution in [2.75, 3.05) is 13.1 Å². The molecule has 5 aliphatic rings. The fraction of sp³-hybridized carbons (Fsp3) is 0.739. The van der Waals surface area contributed by atoms with Crippen LogP contribution in [0.2, 0.25) is 0 Å². The van der Waals surface area contributed by atoms with Crippen LogP contribution in [-0.4, -0.2) is 30.0 Å². The van der Waals surface area contributed by atoms with Crippen LogP contribution >= 0.6 is 0 Å². The van der Waals surface area contributed by atoms with E-state index < -0.39 is 0 Å². The number of piperidine rings is 1. The summed E-state index contributed by atoms with van der Waals surface area (Å²) in [5.41, 5.74) is -0.0624. The maximum Gasteiger partial charge on any atom is 0.339 e. The normalized spacial score (nSPS) is 34.6. The van der Waals surface area contributed by atoms with E-state index in [0.29, 0.717) is 22.8 Å². The third kappa shape index (κ3) is 3.60. The molecule has 1 aromatic rings. The molecule has 1 amide bonds. The molecule has 4 aliphatic carbocycles. The van der Waals surface area contributed by atoms with Gasteiger partial charge in [-0.15, -0.1) is 0 Å². The third-order valence-electron chi connectivity index (χ3n) is 7.66. The minimum absolute atomic E-state index is 0.0600. The number of hydrogen-bond acceptors (Lipinski definition) is 4. The lowest BCUT2D eigenvalue weighted by molar-refractivity contribution is -0.141. The van der Waals surface area contributed by atoms with Crippen molar-refractivity contribution in [3.63, 3.8) is 0 Å². The van der Waals surface area contributed by atoms with Crippen molar-refractivity contribution in [1.82, 2.24) is 4.90 Å². The molecule has 0 spiro atoms. The van der Waals surface area contributed by atoms with Crippen LogP contribution in [-0.2, 0) is 4.79 Å². The van der Waals surface area contributed by atoms with Crippen LogP contribution < -0.4 is 10.4 Å². The van der Waals surface area contributed by atoms with Crippen molar-refractivity contribution in [3.8, 4) is 5.75 Å². The van der Waals surface area contributed by atoms with Crippen LogP contribution in [0.15, 0.2) is 21.3 Å². The lowest BCUT2D eigenvalue weighted by atomic mass is 9.49. The second kappa shape index (κ2) is 6.93. The van der Waals surface area contributed by atoms with Gasteiger partial charge in [-0.3, -0.25) is 4.79 Å². The highest BCUT2D eigenvalue weighted by Gasteiger charge is 2.51. The first-order chi connectivity index (χ1) is 13.5. The third-order valence-corrected chi connectivity index (χ3v) is 7.66. The van der Waals surface area contributed by atoms with E-state index in [0.717, 1.165) is 50.1 Å². The Kier molecular flexibility index (Phi) is 4.52. The number of amides is 1. The number of rotatable bonds is 4. The molecule has 0 radical (unpaired) electrons. The topological polar surface area (TPSA) is 59.8 Å². The summed E-state index contributed by atoms with van der Waals surface area (Å²) in [4.78, 5) is 26.6. The molecule has 0 N–H and O–H groups in total. The number of nitrogens with zero attached hydrogens (tertiary/aromatic N) is 1. The highest BCUT2D eigenvalue weighted by atomic mass is 16.5. The molecule has 0 unspecified atom stereocenters. The summed E-state index contributed by atoms with van der Waals surface area (Å²) in [5, 5.41) is 0. The maximum absolute atomic E-state index is 13.1. The predicted octanol–water partition coefficient (Wildman–Crippen LogP) is 3.92. The molecule has 2 heterocycles. The van der Waals surface area contributed by atoms with E-state index >= 15 is 0 Å². The first-order valence-electron chi connectivity index (χ1n) is 11.0. The standard InChI is InChI=1S/C23H31NO4/c1-15-6-20(10-22(26)27-15)28-19-2-4-24(5-3-19)21(25)14-23-11-16-7-17(12-23)9-18(8-16)13-23/h6,10,16-19H,2-5,7-9,11-14H2,1H3. The van der Waals surface area contributed by atoms with Crippen molar-refractivity contribution in [2.24, 2.45) is 23.2 Å². The SMILES string of the molecule is Cc1cc(OC2CCN(C(=O)CC34CC5CC(CC(C5)C3)C4)CC2)cc(=O)o1. The van der Waals surface area contributed by atoms with Gasteiger partial charge in [0, 0.05) is 38.4 Å². The Balaban J connectivity index is 1.16. The average molecular weight is 386 g/mol. The van der Waals surface area contributed by atoms with Crippen molar-refractivity contribution in [3.05, 3.63) is 28.3 Å². The van der Waals surface area contributed by atoms with E-state index in [9.17, 15) is 9.59 Å². The van der Waals surface area contributed by atoms with E-state index in [1.807, 2.05) is 0 Å². The van der Waals surface area contributed by atoms with E-state index in [2.05, 4.69) is 4.90 Å². The zero-order chi connectivity index (χ0) is 19.3. The summed E-state index contributed by atoms with van der Waals surface area (Å²) in [6.07, 6.45) is 10.6. The minimum atomic E-state index is -0.377. The molecule has 5 fully saturated rings. The largest absolute Gasteiger partial charge is 0.490 e. The van der Waals surface area contributed by atoms with Crippen molar-refractivity contribution >= 4 is 5.91 Å².